The molecule has 0 atom stereocenters. The Morgan fingerprint density at radius 2 is 1.46 bits per heavy atom. The summed E-state index contributed by atoms with van der Waals surface area (Å²) < 4.78 is 5.91. The minimum absolute atomic E-state index is 0. The second kappa shape index (κ2) is 4.25. The van der Waals surface area contributed by atoms with Crippen molar-refractivity contribution in [2.24, 2.45) is 0 Å². The second-order valence-corrected chi connectivity index (χ2v) is 3.71. The van der Waals surface area contributed by atoms with E-state index in [2.05, 4.69) is 33.3 Å². The molecule has 13 heavy (non-hydrogen) atoms. The lowest BCUT2D eigenvalue weighted by atomic mass is 10.2. The first-order valence-corrected chi connectivity index (χ1v) is 4.00. The number of ether oxygens (including phenoxy) is 1. The van der Waals surface area contributed by atoms with Gasteiger partial charge in [0.25, 0.3) is 0 Å². The summed E-state index contributed by atoms with van der Waals surface area (Å²) in [6.45, 7) is 0. The standard InChI is InChI=1S/C10H16NO.H2O/c1-11(2,3)9-5-7-10(12-4)8-6-9;/h5-8H,1-4H3;1H2/q+1;/p-1. The molecule has 0 amide bonds. The zero-order valence-corrected chi connectivity index (χ0v) is 8.61. The SMILES string of the molecule is COc1ccc([N+](C)(C)C)cc1.[OH-]. The van der Waals surface area contributed by atoms with Crippen LogP contribution in [0.15, 0.2) is 24.3 Å². The van der Waals surface area contributed by atoms with Gasteiger partial charge in [-0.25, -0.2) is 0 Å². The van der Waals surface area contributed by atoms with Gasteiger partial charge in [0.1, 0.15) is 11.4 Å². The molecule has 0 aliphatic rings. The number of hydrogen-bond acceptors (Lipinski definition) is 2. The van der Waals surface area contributed by atoms with Crippen molar-refractivity contribution in [3.63, 3.8) is 0 Å². The fraction of sp³-hybridized carbons (Fsp3) is 0.400. The van der Waals surface area contributed by atoms with Crippen LogP contribution in [-0.4, -0.2) is 33.7 Å². The molecule has 0 aromatic heterocycles. The van der Waals surface area contributed by atoms with Crippen LogP contribution in [0.5, 0.6) is 5.75 Å². The van der Waals surface area contributed by atoms with Gasteiger partial charge in [-0.05, 0) is 12.1 Å². The molecule has 0 unspecified atom stereocenters. The molecule has 0 fully saturated rings. The highest BCUT2D eigenvalue weighted by Gasteiger charge is 2.10. The van der Waals surface area contributed by atoms with Crippen LogP contribution in [-0.2, 0) is 0 Å². The van der Waals surface area contributed by atoms with Gasteiger partial charge in [-0.2, -0.15) is 0 Å². The Hall–Kier alpha value is -1.06. The Morgan fingerprint density at radius 3 is 1.77 bits per heavy atom. The van der Waals surface area contributed by atoms with Crippen LogP contribution in [0, 0.1) is 0 Å². The summed E-state index contributed by atoms with van der Waals surface area (Å²) in [5, 5.41) is 0. The van der Waals surface area contributed by atoms with Crippen molar-refractivity contribution in [2.45, 2.75) is 0 Å². The van der Waals surface area contributed by atoms with Crippen molar-refractivity contribution < 1.29 is 10.2 Å². The molecule has 3 nitrogen and oxygen atoms in total. The Kier molecular flexibility index (Phi) is 3.91. The van der Waals surface area contributed by atoms with Crippen molar-refractivity contribution in [2.75, 3.05) is 28.3 Å². The van der Waals surface area contributed by atoms with Crippen molar-refractivity contribution in [3.05, 3.63) is 24.3 Å². The number of nitrogens with zero attached hydrogens (tertiary/aromatic N) is 1. The molecule has 0 bridgehead atoms. The monoisotopic (exact) mass is 183 g/mol. The molecule has 0 radical (unpaired) electrons. The highest BCUT2D eigenvalue weighted by atomic mass is 16.5. The minimum atomic E-state index is 0. The van der Waals surface area contributed by atoms with Gasteiger partial charge in [0.15, 0.2) is 0 Å². The Balaban J connectivity index is 0.00000144. The van der Waals surface area contributed by atoms with Gasteiger partial charge < -0.3 is 10.2 Å². The molecule has 0 saturated heterocycles. The topological polar surface area (TPSA) is 39.2 Å². The first-order chi connectivity index (χ1) is 5.54. The largest absolute Gasteiger partial charge is 0.870 e. The lowest BCUT2D eigenvalue weighted by molar-refractivity contribution is 0.413. The lowest BCUT2D eigenvalue weighted by Gasteiger charge is -2.23. The fourth-order valence-electron chi connectivity index (χ4n) is 1.03. The minimum Gasteiger partial charge on any atom is -0.870 e. The smallest absolute Gasteiger partial charge is 0.132 e. The van der Waals surface area contributed by atoms with Gasteiger partial charge >= 0.3 is 0 Å². The molecule has 3 heteroatoms. The molecule has 1 N–H and O–H groups in total. The molecular formula is C10H17NO2. The molecule has 74 valence electrons. The zero-order valence-electron chi connectivity index (χ0n) is 8.61. The van der Waals surface area contributed by atoms with E-state index in [9.17, 15) is 0 Å². The fourth-order valence-corrected chi connectivity index (χ4v) is 1.03. The maximum absolute atomic E-state index is 5.07. The average molecular weight is 183 g/mol. The van der Waals surface area contributed by atoms with Gasteiger partial charge in [0.2, 0.25) is 0 Å². The Morgan fingerprint density at radius 1 is 1.00 bits per heavy atom. The number of quaternary nitrogens is 1. The normalized spacial score (nSPS) is 10.5. The van der Waals surface area contributed by atoms with E-state index in [1.54, 1.807) is 7.11 Å². The van der Waals surface area contributed by atoms with Crippen LogP contribution < -0.4 is 9.22 Å². The summed E-state index contributed by atoms with van der Waals surface area (Å²) in [7, 11) is 8.10. The Bertz CT molecular complexity index is 249. The number of benzene rings is 1. The number of hydrogen-bond donors (Lipinski definition) is 0. The molecule has 0 aliphatic carbocycles. The summed E-state index contributed by atoms with van der Waals surface area (Å²) >= 11 is 0. The van der Waals surface area contributed by atoms with Crippen LogP contribution >= 0.6 is 0 Å². The van der Waals surface area contributed by atoms with Crippen LogP contribution in [0.4, 0.5) is 5.69 Å². The molecule has 1 rings (SSSR count). The Labute approximate surface area is 79.5 Å². The molecule has 1 aromatic carbocycles. The van der Waals surface area contributed by atoms with E-state index in [1.165, 1.54) is 5.69 Å². The van der Waals surface area contributed by atoms with Gasteiger partial charge in [0, 0.05) is 12.1 Å². The highest BCUT2D eigenvalue weighted by Crippen LogP contribution is 2.20. The zero-order chi connectivity index (χ0) is 9.19. The summed E-state index contributed by atoms with van der Waals surface area (Å²) in [6.07, 6.45) is 0. The third kappa shape index (κ3) is 3.05. The third-order valence-electron chi connectivity index (χ3n) is 1.85. The summed E-state index contributed by atoms with van der Waals surface area (Å²) in [5.74, 6) is 0.909. The lowest BCUT2D eigenvalue weighted by Crippen LogP contribution is -2.34. The van der Waals surface area contributed by atoms with Gasteiger partial charge in [-0.1, -0.05) is 0 Å². The first kappa shape index (κ1) is 11.9. The van der Waals surface area contributed by atoms with Crippen LogP contribution in [0.25, 0.3) is 0 Å². The molecule has 0 saturated carbocycles. The predicted octanol–water partition coefficient (Wildman–Crippen LogP) is 1.72. The van der Waals surface area contributed by atoms with Gasteiger partial charge in [-0.3, -0.25) is 4.48 Å². The molecule has 0 aliphatic heterocycles. The van der Waals surface area contributed by atoms with Gasteiger partial charge in [0.05, 0.1) is 28.3 Å². The average Bonchev–Trinajstić information content (AvgIpc) is 2.03. The first-order valence-electron chi connectivity index (χ1n) is 4.00. The van der Waals surface area contributed by atoms with Crippen molar-refractivity contribution in [1.29, 1.82) is 0 Å². The van der Waals surface area contributed by atoms with E-state index >= 15 is 0 Å². The van der Waals surface area contributed by atoms with E-state index in [0.717, 1.165) is 10.2 Å². The second-order valence-electron chi connectivity index (χ2n) is 3.71. The van der Waals surface area contributed by atoms with E-state index in [-0.39, 0.29) is 5.48 Å². The van der Waals surface area contributed by atoms with Crippen molar-refractivity contribution >= 4 is 5.69 Å². The van der Waals surface area contributed by atoms with E-state index < -0.39 is 0 Å². The van der Waals surface area contributed by atoms with E-state index in [0.29, 0.717) is 0 Å². The summed E-state index contributed by atoms with van der Waals surface area (Å²) in [6, 6.07) is 8.13. The third-order valence-corrected chi connectivity index (χ3v) is 1.85. The quantitative estimate of drug-likeness (QED) is 0.655. The van der Waals surface area contributed by atoms with Crippen LogP contribution in [0.3, 0.4) is 0 Å². The van der Waals surface area contributed by atoms with Crippen LogP contribution in [0.1, 0.15) is 0 Å². The van der Waals surface area contributed by atoms with Crippen molar-refractivity contribution in [1.82, 2.24) is 4.48 Å². The predicted molar refractivity (Wildman–Crippen MR) is 54.5 cm³/mol. The maximum atomic E-state index is 5.07. The molecule has 0 spiro atoms. The summed E-state index contributed by atoms with van der Waals surface area (Å²) in [4.78, 5) is 0. The van der Waals surface area contributed by atoms with Crippen LogP contribution in [0.2, 0.25) is 0 Å². The maximum Gasteiger partial charge on any atom is 0.132 e. The molecular weight excluding hydrogens is 166 g/mol. The molecule has 0 heterocycles. The van der Waals surface area contributed by atoms with Crippen molar-refractivity contribution in [3.8, 4) is 5.75 Å². The number of methoxy groups -OCH3 is 1. The molecule has 1 aromatic rings. The summed E-state index contributed by atoms with van der Waals surface area (Å²) in [5.41, 5.74) is 1.27. The van der Waals surface area contributed by atoms with E-state index in [4.69, 9.17) is 4.74 Å². The number of rotatable bonds is 2. The highest BCUT2D eigenvalue weighted by molar-refractivity contribution is 5.44. The van der Waals surface area contributed by atoms with E-state index in [1.807, 2.05) is 12.1 Å². The van der Waals surface area contributed by atoms with Gasteiger partial charge in [-0.15, -0.1) is 0 Å².